The average Bonchev–Trinajstić information content (AvgIpc) is 3.59. The zero-order valence-corrected chi connectivity index (χ0v) is 20.2. The molecule has 10 heteroatoms. The Balaban J connectivity index is 1.40. The van der Waals surface area contributed by atoms with Crippen LogP contribution in [0.3, 0.4) is 0 Å². The summed E-state index contributed by atoms with van der Waals surface area (Å²) in [5, 5.41) is 26.8. The smallest absolute Gasteiger partial charge is 0.268 e. The summed E-state index contributed by atoms with van der Waals surface area (Å²) in [6.45, 7) is 3.74. The molecule has 5 aromatic rings. The molecule has 3 heterocycles. The number of hydrogen-bond acceptors (Lipinski definition) is 7. The standard InChI is InChI=1S/C25H17ClFN5O2S/c1-13-8-15(12-28)10-17(9-13)33-24-18(26)6-5-16(21(24)27)11-20-29-32-25(34-20)23-14(2)22(30-31-23)19-4-3-7-35-19/h3-10H,11H2,1-2H3,(H,30,31). The van der Waals surface area contributed by atoms with Crippen molar-refractivity contribution in [3.63, 3.8) is 0 Å². The Morgan fingerprint density at radius 2 is 2.06 bits per heavy atom. The Labute approximate surface area is 208 Å². The number of nitrogens with zero attached hydrogens (tertiary/aromatic N) is 4. The fourth-order valence-corrected chi connectivity index (χ4v) is 4.61. The van der Waals surface area contributed by atoms with Crippen molar-refractivity contribution in [3.8, 4) is 39.7 Å². The third-order valence-electron chi connectivity index (χ3n) is 5.32. The highest BCUT2D eigenvalue weighted by Gasteiger charge is 2.21. The summed E-state index contributed by atoms with van der Waals surface area (Å²) in [5.41, 5.74) is 3.79. The number of nitrogens with one attached hydrogen (secondary N) is 1. The van der Waals surface area contributed by atoms with Gasteiger partial charge in [0, 0.05) is 11.1 Å². The minimum Gasteiger partial charge on any atom is -0.453 e. The van der Waals surface area contributed by atoms with E-state index >= 15 is 4.39 Å². The van der Waals surface area contributed by atoms with Gasteiger partial charge in [-0.2, -0.15) is 10.4 Å². The first kappa shape index (κ1) is 22.8. The molecule has 0 aliphatic carbocycles. The first-order chi connectivity index (χ1) is 16.9. The summed E-state index contributed by atoms with van der Waals surface area (Å²) in [6, 6.07) is 14.0. The van der Waals surface area contributed by atoms with Crippen LogP contribution in [0.2, 0.25) is 5.02 Å². The van der Waals surface area contributed by atoms with E-state index in [1.54, 1.807) is 35.6 Å². The number of thiophene rings is 1. The van der Waals surface area contributed by atoms with E-state index in [9.17, 15) is 5.26 Å². The van der Waals surface area contributed by atoms with Crippen molar-refractivity contribution >= 4 is 22.9 Å². The molecule has 3 aromatic heterocycles. The highest BCUT2D eigenvalue weighted by Crippen LogP contribution is 2.36. The summed E-state index contributed by atoms with van der Waals surface area (Å²) in [6.07, 6.45) is 0.0326. The zero-order chi connectivity index (χ0) is 24.5. The van der Waals surface area contributed by atoms with Gasteiger partial charge in [0.1, 0.15) is 5.75 Å². The first-order valence-electron chi connectivity index (χ1n) is 10.5. The summed E-state index contributed by atoms with van der Waals surface area (Å²) < 4.78 is 26.9. The van der Waals surface area contributed by atoms with Crippen molar-refractivity contribution < 1.29 is 13.5 Å². The minimum atomic E-state index is -0.645. The van der Waals surface area contributed by atoms with Gasteiger partial charge in [-0.25, -0.2) is 4.39 Å². The quantitative estimate of drug-likeness (QED) is 0.271. The molecule has 1 N–H and O–H groups in total. The molecule has 174 valence electrons. The number of hydrogen-bond donors (Lipinski definition) is 1. The van der Waals surface area contributed by atoms with Gasteiger partial charge in [0.2, 0.25) is 5.89 Å². The molecule has 0 atom stereocenters. The van der Waals surface area contributed by atoms with E-state index in [0.717, 1.165) is 21.7 Å². The molecule has 0 saturated carbocycles. The van der Waals surface area contributed by atoms with Gasteiger partial charge in [0.05, 0.1) is 33.6 Å². The van der Waals surface area contributed by atoms with Crippen molar-refractivity contribution in [3.05, 3.63) is 86.8 Å². The predicted molar refractivity (Wildman–Crippen MR) is 130 cm³/mol. The van der Waals surface area contributed by atoms with Crippen LogP contribution >= 0.6 is 22.9 Å². The molecule has 0 unspecified atom stereocenters. The Bertz CT molecular complexity index is 1570. The number of benzene rings is 2. The van der Waals surface area contributed by atoms with Gasteiger partial charge in [0.25, 0.3) is 5.89 Å². The van der Waals surface area contributed by atoms with E-state index in [2.05, 4.69) is 26.5 Å². The Morgan fingerprint density at radius 3 is 2.83 bits per heavy atom. The number of nitriles is 1. The summed E-state index contributed by atoms with van der Waals surface area (Å²) in [5.74, 6) is -0.00813. The third-order valence-corrected chi connectivity index (χ3v) is 6.50. The normalized spacial score (nSPS) is 10.9. The molecule has 7 nitrogen and oxygen atoms in total. The average molecular weight is 506 g/mol. The molecule has 0 bridgehead atoms. The molecule has 2 aromatic carbocycles. The summed E-state index contributed by atoms with van der Waals surface area (Å²) >= 11 is 7.82. The maximum absolute atomic E-state index is 15.4. The lowest BCUT2D eigenvalue weighted by Gasteiger charge is -2.12. The second kappa shape index (κ2) is 9.33. The molecule has 5 rings (SSSR count). The van der Waals surface area contributed by atoms with Crippen molar-refractivity contribution in [1.29, 1.82) is 5.26 Å². The van der Waals surface area contributed by atoms with Crippen LogP contribution in [0, 0.1) is 31.0 Å². The molecular weight excluding hydrogens is 489 g/mol. The first-order valence-corrected chi connectivity index (χ1v) is 11.8. The molecular formula is C25H17ClFN5O2S. The van der Waals surface area contributed by atoms with Crippen LogP contribution in [0.5, 0.6) is 11.5 Å². The lowest BCUT2D eigenvalue weighted by molar-refractivity contribution is 0.436. The number of H-pyrrole nitrogens is 1. The fourth-order valence-electron chi connectivity index (χ4n) is 3.64. The molecule has 0 aliphatic rings. The molecule has 35 heavy (non-hydrogen) atoms. The van der Waals surface area contributed by atoms with Gasteiger partial charge < -0.3 is 9.15 Å². The topological polar surface area (TPSA) is 101 Å². The zero-order valence-electron chi connectivity index (χ0n) is 18.6. The lowest BCUT2D eigenvalue weighted by atomic mass is 10.1. The van der Waals surface area contributed by atoms with Gasteiger partial charge in [-0.15, -0.1) is 21.5 Å². The largest absolute Gasteiger partial charge is 0.453 e. The SMILES string of the molecule is Cc1cc(C#N)cc(Oc2c(Cl)ccc(Cc3nnc(-c4n[nH]c(-c5cccs5)c4C)o3)c2F)c1. The lowest BCUT2D eigenvalue weighted by Crippen LogP contribution is -1.98. The van der Waals surface area contributed by atoms with Gasteiger partial charge in [0.15, 0.2) is 17.3 Å². The highest BCUT2D eigenvalue weighted by atomic mass is 35.5. The Kier molecular flexibility index (Phi) is 6.07. The summed E-state index contributed by atoms with van der Waals surface area (Å²) in [4.78, 5) is 1.05. The maximum Gasteiger partial charge on any atom is 0.268 e. The van der Waals surface area contributed by atoms with E-state index in [0.29, 0.717) is 17.0 Å². The van der Waals surface area contributed by atoms with Crippen LogP contribution in [0.4, 0.5) is 4.39 Å². The maximum atomic E-state index is 15.4. The number of rotatable bonds is 6. The van der Waals surface area contributed by atoms with E-state index < -0.39 is 5.82 Å². The Hall–Kier alpha value is -4.00. The second-order valence-electron chi connectivity index (χ2n) is 7.83. The molecule has 0 amide bonds. The second-order valence-corrected chi connectivity index (χ2v) is 9.18. The van der Waals surface area contributed by atoms with Crippen LogP contribution < -0.4 is 4.74 Å². The summed E-state index contributed by atoms with van der Waals surface area (Å²) in [7, 11) is 0. The van der Waals surface area contributed by atoms with Crippen LogP contribution in [0.15, 0.2) is 52.3 Å². The van der Waals surface area contributed by atoms with E-state index in [1.165, 1.54) is 6.07 Å². The molecule has 0 radical (unpaired) electrons. The Morgan fingerprint density at radius 1 is 1.20 bits per heavy atom. The van der Waals surface area contributed by atoms with Crippen molar-refractivity contribution in [1.82, 2.24) is 20.4 Å². The van der Waals surface area contributed by atoms with Crippen LogP contribution in [-0.4, -0.2) is 20.4 Å². The van der Waals surface area contributed by atoms with Crippen molar-refractivity contribution in [2.75, 3.05) is 0 Å². The number of aromatic amines is 1. The number of aryl methyl sites for hydroxylation is 1. The van der Waals surface area contributed by atoms with E-state index in [4.69, 9.17) is 20.8 Å². The molecule has 0 saturated heterocycles. The van der Waals surface area contributed by atoms with Crippen LogP contribution in [0.1, 0.15) is 28.1 Å². The monoisotopic (exact) mass is 505 g/mol. The highest BCUT2D eigenvalue weighted by molar-refractivity contribution is 7.13. The van der Waals surface area contributed by atoms with Crippen LogP contribution in [0.25, 0.3) is 22.2 Å². The van der Waals surface area contributed by atoms with Gasteiger partial charge in [-0.1, -0.05) is 23.7 Å². The molecule has 0 spiro atoms. The van der Waals surface area contributed by atoms with Gasteiger partial charge in [-0.05, 0) is 55.1 Å². The van der Waals surface area contributed by atoms with E-state index in [1.807, 2.05) is 31.4 Å². The van der Waals surface area contributed by atoms with Crippen molar-refractivity contribution in [2.45, 2.75) is 20.3 Å². The molecule has 0 aliphatic heterocycles. The van der Waals surface area contributed by atoms with Gasteiger partial charge >= 0.3 is 0 Å². The number of aromatic nitrogens is 4. The van der Waals surface area contributed by atoms with E-state index in [-0.39, 0.29) is 34.5 Å². The number of ether oxygens (including phenoxy) is 1. The fraction of sp³-hybridized carbons (Fsp3) is 0.120. The third kappa shape index (κ3) is 4.54. The molecule has 0 fully saturated rings. The van der Waals surface area contributed by atoms with Crippen molar-refractivity contribution in [2.24, 2.45) is 0 Å². The predicted octanol–water partition coefficient (Wildman–Crippen LogP) is 6.85. The minimum absolute atomic E-state index is 0.0326. The van der Waals surface area contributed by atoms with Gasteiger partial charge in [-0.3, -0.25) is 5.10 Å². The van der Waals surface area contributed by atoms with Crippen LogP contribution in [-0.2, 0) is 6.42 Å². The number of halogens is 2.